The number of nitrogen functional groups attached to an aromatic ring is 1. The van der Waals surface area contributed by atoms with Crippen LogP contribution in [0.1, 0.15) is 0 Å². The number of ether oxygens (including phenoxy) is 1. The van der Waals surface area contributed by atoms with Crippen molar-refractivity contribution in [3.05, 3.63) is 24.3 Å². The largest absolute Gasteiger partial charge is 0.495 e. The van der Waals surface area contributed by atoms with Gasteiger partial charge in [-0.1, -0.05) is 12.1 Å². The molecule has 0 heterocycles. The van der Waals surface area contributed by atoms with E-state index in [1.54, 1.807) is 24.3 Å². The van der Waals surface area contributed by atoms with Crippen molar-refractivity contribution in [1.29, 1.82) is 0 Å². The minimum atomic E-state index is 0.440. The van der Waals surface area contributed by atoms with E-state index in [4.69, 9.17) is 7.56 Å². The van der Waals surface area contributed by atoms with Crippen LogP contribution in [0, 0.1) is 0 Å². The Morgan fingerprint density at radius 3 is 2.89 bits per heavy atom. The fourth-order valence-corrected chi connectivity index (χ4v) is 0.630. The maximum Gasteiger partial charge on any atom is 0.156 e. The van der Waals surface area contributed by atoms with E-state index < -0.39 is 0 Å². The molecule has 0 aliphatic carbocycles. The number of nitrogens with two attached hydrogens (primary N) is 1. The van der Waals surface area contributed by atoms with Crippen molar-refractivity contribution >= 4 is 5.69 Å². The highest BCUT2D eigenvalue weighted by molar-refractivity contribution is 5.51. The molecule has 0 saturated heterocycles. The Balaban J connectivity index is 3.02. The summed E-state index contributed by atoms with van der Waals surface area (Å²) in [5.41, 5.74) is 0.966. The number of hydrogen-bond acceptors (Lipinski definition) is 2. The van der Waals surface area contributed by atoms with Gasteiger partial charge in [0.25, 0.3) is 0 Å². The van der Waals surface area contributed by atoms with E-state index >= 15 is 0 Å². The third-order valence-electron chi connectivity index (χ3n) is 1.09. The summed E-state index contributed by atoms with van der Waals surface area (Å²) in [6.07, 6.45) is 0. The highest BCUT2D eigenvalue weighted by Gasteiger charge is 1.91. The van der Waals surface area contributed by atoms with Crippen LogP contribution in [0.5, 0.6) is 5.75 Å². The van der Waals surface area contributed by atoms with Gasteiger partial charge in [0.15, 0.2) is 2.82 Å². The fraction of sp³-hybridized carbons (Fsp3) is 0.143. The lowest BCUT2D eigenvalue weighted by atomic mass is 10.3. The second-order valence-corrected chi connectivity index (χ2v) is 1.67. The fourth-order valence-electron chi connectivity index (χ4n) is 0.630. The van der Waals surface area contributed by atoms with Crippen molar-refractivity contribution in [2.24, 2.45) is 0 Å². The average Bonchev–Trinajstić information content (AvgIpc) is 2.04. The van der Waals surface area contributed by atoms with Gasteiger partial charge in [-0.3, -0.25) is 0 Å². The number of para-hydroxylation sites is 2. The molecule has 0 amide bonds. The molecule has 0 aliphatic rings. The van der Waals surface area contributed by atoms with E-state index in [1.807, 2.05) is 0 Å². The standard InChI is InChI=1S/C7H9NO/c1-9-7-5-3-2-4-6(7)8/h2-5H,8H2,1H3/i/hD2. The zero-order valence-electron chi connectivity index (χ0n) is 7.16. The van der Waals surface area contributed by atoms with E-state index in [2.05, 4.69) is 0 Å². The van der Waals surface area contributed by atoms with Crippen molar-refractivity contribution in [2.45, 2.75) is 0 Å². The Morgan fingerprint density at radius 2 is 2.33 bits per heavy atom. The summed E-state index contributed by atoms with van der Waals surface area (Å²) in [5.74, 6) is 0.539. The molecule has 2 heteroatoms. The average molecular weight is 125 g/mol. The molecular weight excluding hydrogens is 114 g/mol. The highest BCUT2D eigenvalue weighted by Crippen LogP contribution is 2.18. The molecule has 0 unspecified atom stereocenters. The Hall–Kier alpha value is -1.18. The molecule has 1 aromatic rings. The van der Waals surface area contributed by atoms with Gasteiger partial charge in [-0.25, -0.2) is 0 Å². The first-order valence-electron chi connectivity index (χ1n) is 3.56. The van der Waals surface area contributed by atoms with Crippen LogP contribution in [0.2, 0.25) is 2.82 Å². The van der Waals surface area contributed by atoms with E-state index in [0.717, 1.165) is 0 Å². The van der Waals surface area contributed by atoms with E-state index in [0.29, 0.717) is 17.2 Å². The molecule has 0 aromatic heterocycles. The number of methoxy groups -OCH3 is 1. The molecule has 9 heavy (non-hydrogen) atoms. The van der Waals surface area contributed by atoms with Crippen LogP contribution in [0.3, 0.4) is 0 Å². The molecule has 2 N–H and O–H groups in total. The Kier molecular flexibility index (Phi) is 1.00. The zero-order valence-corrected chi connectivity index (χ0v) is 5.16. The highest BCUT2D eigenvalue weighted by atomic mass is 16.5. The van der Waals surface area contributed by atoms with Crippen LogP contribution >= 0.6 is 0 Å². The summed E-state index contributed by atoms with van der Waals surface area (Å²) in [7, 11) is 1.52. The monoisotopic (exact) mass is 125 g/mol. The van der Waals surface area contributed by atoms with Crippen molar-refractivity contribution in [2.75, 3.05) is 12.8 Å². The molecule has 48 valence electrons. The molecule has 2 nitrogen and oxygen atoms in total. The van der Waals surface area contributed by atoms with Gasteiger partial charge in [-0.2, -0.15) is 0 Å². The second-order valence-electron chi connectivity index (χ2n) is 1.67. The summed E-state index contributed by atoms with van der Waals surface area (Å²) in [5, 5.41) is 0. The lowest BCUT2D eigenvalue weighted by molar-refractivity contribution is 0.417. The van der Waals surface area contributed by atoms with Gasteiger partial charge in [0.05, 0.1) is 12.8 Å². The first-order valence-corrected chi connectivity index (χ1v) is 2.66. The molecule has 1 rings (SSSR count). The van der Waals surface area contributed by atoms with Gasteiger partial charge in [0.1, 0.15) is 5.75 Å². The first-order chi connectivity index (χ1) is 5.25. The van der Waals surface area contributed by atoms with Crippen molar-refractivity contribution in [3.8, 4) is 5.75 Å². The number of hydrogen-bond donors (Lipinski definition) is 1. The van der Waals surface area contributed by atoms with Gasteiger partial charge in [-0.15, -0.1) is 0 Å². The topological polar surface area (TPSA) is 35.2 Å². The van der Waals surface area contributed by atoms with Gasteiger partial charge in [0, 0.05) is 0 Å². The number of rotatable bonds is 2. The Morgan fingerprint density at radius 1 is 1.56 bits per heavy atom. The smallest absolute Gasteiger partial charge is 0.156 e. The predicted octanol–water partition coefficient (Wildman–Crippen LogP) is 1.28. The first kappa shape index (κ1) is 3.77. The summed E-state index contributed by atoms with van der Waals surface area (Å²) in [6.45, 7) is 0. The number of benzene rings is 1. The van der Waals surface area contributed by atoms with Gasteiger partial charge in [0.2, 0.25) is 0 Å². The van der Waals surface area contributed by atoms with Crippen LogP contribution in [0.15, 0.2) is 24.3 Å². The molecule has 1 aromatic carbocycles. The van der Waals surface area contributed by atoms with Gasteiger partial charge < -0.3 is 10.5 Å². The van der Waals surface area contributed by atoms with Crippen LogP contribution in [0.4, 0.5) is 5.69 Å². The lowest BCUT2D eigenvalue weighted by Gasteiger charge is -2.00. The van der Waals surface area contributed by atoms with Crippen LogP contribution in [-0.4, -0.2) is 7.11 Å². The summed E-state index contributed by atoms with van der Waals surface area (Å²) in [6, 6.07) is 6.92. The van der Waals surface area contributed by atoms with Crippen molar-refractivity contribution < 1.29 is 7.56 Å². The van der Waals surface area contributed by atoms with E-state index in [9.17, 15) is 0 Å². The van der Waals surface area contributed by atoms with Crippen molar-refractivity contribution in [3.63, 3.8) is 0 Å². The molecule has 0 saturated carbocycles. The molecule has 0 atom stereocenters. The van der Waals surface area contributed by atoms with Crippen LogP contribution < -0.4 is 10.5 Å². The molecule has 0 spiro atoms. The van der Waals surface area contributed by atoms with Crippen LogP contribution in [0.25, 0.3) is 0 Å². The Bertz CT molecular complexity index is 240. The zero-order chi connectivity index (χ0) is 8.27. The molecule has 0 aliphatic heterocycles. The lowest BCUT2D eigenvalue weighted by Crippen LogP contribution is -1.89. The predicted molar refractivity (Wildman–Crippen MR) is 37.4 cm³/mol. The van der Waals surface area contributed by atoms with E-state index in [-0.39, 0.29) is 0 Å². The quantitative estimate of drug-likeness (QED) is 0.604. The molecule has 0 radical (unpaired) electrons. The summed E-state index contributed by atoms with van der Waals surface area (Å²) in [4.78, 5) is 0. The van der Waals surface area contributed by atoms with Crippen molar-refractivity contribution in [1.82, 2.24) is 0 Å². The molecular formula is C7H9NO. The SMILES string of the molecule is [2H]N([2H])c1ccccc1OC. The minimum Gasteiger partial charge on any atom is -0.495 e. The molecule has 0 bridgehead atoms. The second kappa shape index (κ2) is 2.40. The maximum absolute atomic E-state index is 6.98. The summed E-state index contributed by atoms with van der Waals surface area (Å²) >= 11 is 0. The molecule has 0 fully saturated rings. The number of anilines is 1. The van der Waals surface area contributed by atoms with Gasteiger partial charge in [-0.05, 0) is 12.1 Å². The minimum absolute atomic E-state index is 0.440. The summed E-state index contributed by atoms with van der Waals surface area (Å²) < 4.78 is 18.9. The van der Waals surface area contributed by atoms with E-state index in [1.165, 1.54) is 7.11 Å². The normalized spacial score (nSPS) is 11.7. The maximum atomic E-state index is 6.98. The van der Waals surface area contributed by atoms with Crippen LogP contribution in [-0.2, 0) is 0 Å². The van der Waals surface area contributed by atoms with Gasteiger partial charge >= 0.3 is 0 Å². The Labute approximate surface area is 57.2 Å². The third-order valence-corrected chi connectivity index (χ3v) is 1.09. The third kappa shape index (κ3) is 1.13.